The molecule has 0 atom stereocenters. The monoisotopic (exact) mass is 348 g/mol. The maximum absolute atomic E-state index is 11.6. The zero-order valence-corrected chi connectivity index (χ0v) is 11.7. The Morgan fingerprint density at radius 3 is 2.76 bits per heavy atom. The lowest BCUT2D eigenvalue weighted by Crippen LogP contribution is -2.40. The molecule has 1 aromatic rings. The first-order valence-electron chi connectivity index (χ1n) is 5.12. The molecular weight excluding hydrogens is 335 g/mol. The molecule has 2 rings (SSSR count). The average Bonchev–Trinajstić information content (AvgIpc) is 2.61. The maximum atomic E-state index is 11.6. The zero-order valence-electron chi connectivity index (χ0n) is 9.54. The van der Waals surface area contributed by atoms with Gasteiger partial charge in [0.25, 0.3) is 0 Å². The van der Waals surface area contributed by atoms with Gasteiger partial charge in [0.1, 0.15) is 0 Å². The second kappa shape index (κ2) is 4.59. The lowest BCUT2D eigenvalue weighted by molar-refractivity contribution is 0.174. The maximum Gasteiger partial charge on any atom is 0.320 e. The van der Waals surface area contributed by atoms with Crippen molar-refractivity contribution in [2.24, 2.45) is 0 Å². The van der Waals surface area contributed by atoms with Crippen LogP contribution in [0.25, 0.3) is 0 Å². The molecule has 2 amide bonds. The first-order chi connectivity index (χ1) is 7.94. The summed E-state index contributed by atoms with van der Waals surface area (Å²) in [5.74, 6) is 1.35. The van der Waals surface area contributed by atoms with E-state index >= 15 is 0 Å². The van der Waals surface area contributed by atoms with E-state index in [1.165, 1.54) is 0 Å². The molecule has 0 spiro atoms. The van der Waals surface area contributed by atoms with E-state index in [4.69, 9.17) is 9.47 Å². The smallest absolute Gasteiger partial charge is 0.320 e. The number of halogens is 1. The predicted molar refractivity (Wildman–Crippen MR) is 72.8 cm³/mol. The van der Waals surface area contributed by atoms with Gasteiger partial charge in [0.05, 0.1) is 3.55 Å². The summed E-state index contributed by atoms with van der Waals surface area (Å²) in [7, 11) is 0. The number of rotatable bonds is 2. The molecule has 0 fully saturated rings. The lowest BCUT2D eigenvalue weighted by atomic mass is 10.3. The summed E-state index contributed by atoms with van der Waals surface area (Å²) >= 11 is 2.15. The first kappa shape index (κ1) is 12.3. The number of carbonyl (C=O) groups excluding carboxylic acids is 1. The fourth-order valence-electron chi connectivity index (χ4n) is 1.41. The van der Waals surface area contributed by atoms with E-state index in [2.05, 4.69) is 33.2 Å². The molecule has 0 radical (unpaired) electrons. The number of hydrogen-bond donors (Lipinski definition) is 2. The summed E-state index contributed by atoms with van der Waals surface area (Å²) in [6, 6.07) is 5.03. The molecule has 2 N–H and O–H groups in total. The Balaban J connectivity index is 2.02. The lowest BCUT2D eigenvalue weighted by Gasteiger charge is -2.18. The highest BCUT2D eigenvalue weighted by atomic mass is 127. The van der Waals surface area contributed by atoms with Gasteiger partial charge in [-0.25, -0.2) is 4.79 Å². The number of urea groups is 1. The van der Waals surface area contributed by atoms with Crippen molar-refractivity contribution in [3.05, 3.63) is 18.2 Å². The van der Waals surface area contributed by atoms with Gasteiger partial charge in [-0.2, -0.15) is 0 Å². The second-order valence-corrected chi connectivity index (χ2v) is 6.82. The van der Waals surface area contributed by atoms with E-state index < -0.39 is 0 Å². The number of amides is 2. The number of fused-ring (bicyclic) bond motifs is 1. The normalized spacial score (nSPS) is 13.4. The molecule has 17 heavy (non-hydrogen) atoms. The van der Waals surface area contributed by atoms with Crippen LogP contribution in [0.3, 0.4) is 0 Å². The van der Waals surface area contributed by atoms with E-state index in [1.807, 2.05) is 13.8 Å². The summed E-state index contributed by atoms with van der Waals surface area (Å²) in [4.78, 5) is 11.6. The standard InChI is InChI=1S/C11H13IN2O3/c1-11(2,12)14-10(15)13-7-3-4-8-9(5-7)17-6-16-8/h3-5H,6H2,1-2H3,(H2,13,14,15). The number of hydrogen-bond acceptors (Lipinski definition) is 3. The van der Waals surface area contributed by atoms with Crippen LogP contribution in [0.1, 0.15) is 13.8 Å². The van der Waals surface area contributed by atoms with Gasteiger partial charge in [-0.3, -0.25) is 0 Å². The van der Waals surface area contributed by atoms with Crippen LogP contribution in [0.4, 0.5) is 10.5 Å². The summed E-state index contributed by atoms with van der Waals surface area (Å²) in [5.41, 5.74) is 0.674. The minimum absolute atomic E-state index is 0.228. The van der Waals surface area contributed by atoms with Gasteiger partial charge in [-0.05, 0) is 26.0 Å². The highest BCUT2D eigenvalue weighted by Crippen LogP contribution is 2.34. The van der Waals surface area contributed by atoms with E-state index in [9.17, 15) is 4.79 Å². The third-order valence-corrected chi connectivity index (χ3v) is 2.31. The summed E-state index contributed by atoms with van der Waals surface area (Å²) in [6.45, 7) is 4.05. The zero-order chi connectivity index (χ0) is 12.5. The topological polar surface area (TPSA) is 59.6 Å². The number of anilines is 1. The van der Waals surface area contributed by atoms with Gasteiger partial charge < -0.3 is 20.1 Å². The van der Waals surface area contributed by atoms with E-state index in [1.54, 1.807) is 18.2 Å². The molecule has 0 saturated heterocycles. The third-order valence-electron chi connectivity index (χ3n) is 2.04. The van der Waals surface area contributed by atoms with Crippen LogP contribution >= 0.6 is 22.6 Å². The molecule has 6 heteroatoms. The van der Waals surface area contributed by atoms with Crippen LogP contribution in [0.15, 0.2) is 18.2 Å². The Bertz CT molecular complexity index is 443. The fourth-order valence-corrected chi connectivity index (χ4v) is 1.65. The van der Waals surface area contributed by atoms with E-state index in [0.717, 1.165) is 0 Å². The average molecular weight is 348 g/mol. The van der Waals surface area contributed by atoms with Gasteiger partial charge in [-0.1, -0.05) is 22.6 Å². The Labute approximate surface area is 113 Å². The van der Waals surface area contributed by atoms with Gasteiger partial charge in [0.15, 0.2) is 11.5 Å². The Kier molecular flexibility index (Phi) is 3.32. The van der Waals surface area contributed by atoms with Crippen LogP contribution in [-0.2, 0) is 0 Å². The van der Waals surface area contributed by atoms with Crippen LogP contribution < -0.4 is 20.1 Å². The van der Waals surface area contributed by atoms with Crippen molar-refractivity contribution in [2.75, 3.05) is 12.1 Å². The highest BCUT2D eigenvalue weighted by molar-refractivity contribution is 14.1. The third kappa shape index (κ3) is 3.39. The molecule has 92 valence electrons. The molecule has 1 aliphatic rings. The van der Waals surface area contributed by atoms with Crippen molar-refractivity contribution >= 4 is 34.3 Å². The van der Waals surface area contributed by atoms with Crippen LogP contribution in [0.2, 0.25) is 0 Å². The number of benzene rings is 1. The van der Waals surface area contributed by atoms with Crippen LogP contribution in [-0.4, -0.2) is 16.4 Å². The van der Waals surface area contributed by atoms with Crippen molar-refractivity contribution in [1.82, 2.24) is 5.32 Å². The van der Waals surface area contributed by atoms with E-state index in [-0.39, 0.29) is 16.4 Å². The van der Waals surface area contributed by atoms with Crippen molar-refractivity contribution in [3.63, 3.8) is 0 Å². The summed E-state index contributed by atoms with van der Waals surface area (Å²) in [5, 5.41) is 5.54. The van der Waals surface area contributed by atoms with Gasteiger partial charge in [0, 0.05) is 11.8 Å². The van der Waals surface area contributed by atoms with Crippen LogP contribution in [0.5, 0.6) is 11.5 Å². The highest BCUT2D eigenvalue weighted by Gasteiger charge is 2.17. The quantitative estimate of drug-likeness (QED) is 0.491. The minimum Gasteiger partial charge on any atom is -0.454 e. The second-order valence-electron chi connectivity index (χ2n) is 4.12. The number of nitrogens with one attached hydrogen (secondary N) is 2. The Morgan fingerprint density at radius 1 is 1.35 bits per heavy atom. The van der Waals surface area contributed by atoms with Crippen molar-refractivity contribution in [2.45, 2.75) is 17.4 Å². The van der Waals surface area contributed by atoms with Gasteiger partial charge >= 0.3 is 6.03 Å². The largest absolute Gasteiger partial charge is 0.454 e. The van der Waals surface area contributed by atoms with Crippen molar-refractivity contribution < 1.29 is 14.3 Å². The number of carbonyl (C=O) groups is 1. The molecule has 0 unspecified atom stereocenters. The number of ether oxygens (including phenoxy) is 2. The fraction of sp³-hybridized carbons (Fsp3) is 0.364. The predicted octanol–water partition coefficient (Wildman–Crippen LogP) is 2.71. The SMILES string of the molecule is CC(C)(I)NC(=O)Nc1ccc2c(c1)OCO2. The molecule has 1 heterocycles. The molecule has 0 bridgehead atoms. The molecule has 0 saturated carbocycles. The van der Waals surface area contributed by atoms with Gasteiger partial charge in [-0.15, -0.1) is 0 Å². The first-order valence-corrected chi connectivity index (χ1v) is 6.20. The molecule has 0 aliphatic carbocycles. The molecular formula is C11H13IN2O3. The molecule has 1 aliphatic heterocycles. The summed E-state index contributed by atoms with van der Waals surface area (Å²) in [6.07, 6.45) is 0. The van der Waals surface area contributed by atoms with Crippen molar-refractivity contribution in [1.29, 1.82) is 0 Å². The minimum atomic E-state index is -0.293. The Morgan fingerprint density at radius 2 is 2.06 bits per heavy atom. The molecule has 5 nitrogen and oxygen atoms in total. The van der Waals surface area contributed by atoms with Crippen molar-refractivity contribution in [3.8, 4) is 11.5 Å². The Hall–Kier alpha value is -1.18. The molecule has 1 aromatic carbocycles. The molecule has 0 aromatic heterocycles. The van der Waals surface area contributed by atoms with E-state index in [0.29, 0.717) is 17.2 Å². The summed E-state index contributed by atoms with van der Waals surface area (Å²) < 4.78 is 10.1. The van der Waals surface area contributed by atoms with Gasteiger partial charge in [0.2, 0.25) is 6.79 Å². The van der Waals surface area contributed by atoms with Crippen LogP contribution in [0, 0.1) is 0 Å². The number of alkyl halides is 1.